The van der Waals surface area contributed by atoms with Gasteiger partial charge in [-0.25, -0.2) is 4.79 Å². The molecule has 1 aliphatic rings. The van der Waals surface area contributed by atoms with Crippen molar-refractivity contribution in [2.24, 2.45) is 11.8 Å². The highest BCUT2D eigenvalue weighted by Crippen LogP contribution is 2.20. The average Bonchev–Trinajstić information content (AvgIpc) is 2.41. The Bertz CT molecular complexity index is 289. The van der Waals surface area contributed by atoms with E-state index >= 15 is 0 Å². The van der Waals surface area contributed by atoms with Crippen molar-refractivity contribution >= 4 is 6.03 Å². The van der Waals surface area contributed by atoms with Crippen LogP contribution in [0.1, 0.15) is 46.5 Å². The molecule has 0 spiro atoms. The van der Waals surface area contributed by atoms with E-state index in [0.29, 0.717) is 13.1 Å². The predicted molar refractivity (Wildman–Crippen MR) is 86.3 cm³/mol. The fraction of sp³-hybridized carbons (Fsp3) is 0.938. The van der Waals surface area contributed by atoms with Crippen LogP contribution in [0.2, 0.25) is 0 Å². The fourth-order valence-corrected chi connectivity index (χ4v) is 3.19. The summed E-state index contributed by atoms with van der Waals surface area (Å²) in [5.74, 6) is 1.56. The van der Waals surface area contributed by atoms with Crippen LogP contribution < -0.4 is 10.6 Å². The van der Waals surface area contributed by atoms with Gasteiger partial charge < -0.3 is 20.6 Å². The minimum absolute atomic E-state index is 0.175. The standard InChI is InChI=1S/C16H33N3O2/c1-4-6-15(20)10-18-16(21)17-7-5-8-19-11-13(2)9-14(3)12-19/h13-15,20H,4-12H2,1-3H3,(H2,17,18,21). The second-order valence-corrected chi connectivity index (χ2v) is 6.64. The molecular weight excluding hydrogens is 266 g/mol. The SMILES string of the molecule is CCCC(O)CNC(=O)NCCCN1CC(C)CC(C)C1. The van der Waals surface area contributed by atoms with Gasteiger partial charge in [-0.3, -0.25) is 0 Å². The van der Waals surface area contributed by atoms with Gasteiger partial charge in [0, 0.05) is 26.2 Å². The van der Waals surface area contributed by atoms with E-state index in [0.717, 1.165) is 37.6 Å². The van der Waals surface area contributed by atoms with Gasteiger partial charge in [-0.15, -0.1) is 0 Å². The zero-order chi connectivity index (χ0) is 15.7. The van der Waals surface area contributed by atoms with Gasteiger partial charge >= 0.3 is 6.03 Å². The lowest BCUT2D eigenvalue weighted by Gasteiger charge is -2.34. The molecule has 0 aliphatic carbocycles. The van der Waals surface area contributed by atoms with Gasteiger partial charge in [0.2, 0.25) is 0 Å². The lowest BCUT2D eigenvalue weighted by molar-refractivity contribution is 0.139. The number of carbonyl (C=O) groups is 1. The summed E-state index contributed by atoms with van der Waals surface area (Å²) in [7, 11) is 0. The Morgan fingerprint density at radius 2 is 1.95 bits per heavy atom. The minimum atomic E-state index is -0.433. The van der Waals surface area contributed by atoms with Crippen LogP contribution >= 0.6 is 0 Å². The number of nitrogens with zero attached hydrogens (tertiary/aromatic N) is 1. The number of hydrogen-bond acceptors (Lipinski definition) is 3. The predicted octanol–water partition coefficient (Wildman–Crippen LogP) is 1.81. The third kappa shape index (κ3) is 8.27. The highest BCUT2D eigenvalue weighted by Gasteiger charge is 2.20. The quantitative estimate of drug-likeness (QED) is 0.599. The molecule has 5 nitrogen and oxygen atoms in total. The first-order valence-corrected chi connectivity index (χ1v) is 8.43. The first kappa shape index (κ1) is 18.2. The summed E-state index contributed by atoms with van der Waals surface area (Å²) in [6, 6.07) is -0.175. The Kier molecular flexibility index (Phi) is 8.69. The van der Waals surface area contributed by atoms with Gasteiger partial charge in [-0.2, -0.15) is 0 Å². The maximum atomic E-state index is 11.6. The summed E-state index contributed by atoms with van der Waals surface area (Å²) in [5.41, 5.74) is 0. The Morgan fingerprint density at radius 1 is 1.29 bits per heavy atom. The average molecular weight is 299 g/mol. The second kappa shape index (κ2) is 10.0. The van der Waals surface area contributed by atoms with Gasteiger partial charge in [0.1, 0.15) is 0 Å². The number of aliphatic hydroxyl groups is 1. The van der Waals surface area contributed by atoms with Gasteiger partial charge in [0.05, 0.1) is 6.10 Å². The molecule has 1 fully saturated rings. The second-order valence-electron chi connectivity index (χ2n) is 6.64. The molecule has 1 aliphatic heterocycles. The maximum absolute atomic E-state index is 11.6. The molecule has 5 heteroatoms. The summed E-state index contributed by atoms with van der Waals surface area (Å²) in [5, 5.41) is 15.1. The molecule has 0 aromatic rings. The first-order valence-electron chi connectivity index (χ1n) is 8.43. The van der Waals surface area contributed by atoms with Crippen molar-refractivity contribution in [1.82, 2.24) is 15.5 Å². The molecule has 21 heavy (non-hydrogen) atoms. The number of hydrogen-bond donors (Lipinski definition) is 3. The van der Waals surface area contributed by atoms with Crippen LogP contribution in [-0.4, -0.2) is 54.9 Å². The van der Waals surface area contributed by atoms with Crippen molar-refractivity contribution in [3.63, 3.8) is 0 Å². The molecule has 124 valence electrons. The van der Waals surface area contributed by atoms with E-state index in [-0.39, 0.29) is 6.03 Å². The zero-order valence-corrected chi connectivity index (χ0v) is 13.9. The monoisotopic (exact) mass is 299 g/mol. The van der Waals surface area contributed by atoms with E-state index in [2.05, 4.69) is 29.4 Å². The highest BCUT2D eigenvalue weighted by atomic mass is 16.3. The molecule has 0 radical (unpaired) electrons. The largest absolute Gasteiger partial charge is 0.391 e. The van der Waals surface area contributed by atoms with E-state index in [1.807, 2.05) is 6.92 Å². The van der Waals surface area contributed by atoms with Gasteiger partial charge in [0.25, 0.3) is 0 Å². The summed E-state index contributed by atoms with van der Waals surface area (Å²) in [6.07, 6.45) is 3.53. The Morgan fingerprint density at radius 3 is 2.57 bits per heavy atom. The van der Waals surface area contributed by atoms with Crippen LogP contribution in [0.5, 0.6) is 0 Å². The minimum Gasteiger partial charge on any atom is -0.391 e. The molecule has 0 aromatic carbocycles. The normalized spacial score (nSPS) is 24.6. The highest BCUT2D eigenvalue weighted by molar-refractivity contribution is 5.73. The number of rotatable bonds is 8. The van der Waals surface area contributed by atoms with Crippen LogP contribution in [0, 0.1) is 11.8 Å². The number of aliphatic hydroxyl groups excluding tert-OH is 1. The number of urea groups is 1. The van der Waals surface area contributed by atoms with Gasteiger partial charge in [-0.05, 0) is 37.6 Å². The topological polar surface area (TPSA) is 64.6 Å². The Hall–Kier alpha value is -0.810. The molecule has 0 saturated carbocycles. The maximum Gasteiger partial charge on any atom is 0.314 e. The molecule has 3 N–H and O–H groups in total. The van der Waals surface area contributed by atoms with Crippen molar-refractivity contribution in [2.45, 2.75) is 52.6 Å². The molecule has 3 unspecified atom stereocenters. The van der Waals surface area contributed by atoms with Crippen molar-refractivity contribution in [3.8, 4) is 0 Å². The van der Waals surface area contributed by atoms with E-state index in [9.17, 15) is 9.90 Å². The van der Waals surface area contributed by atoms with E-state index in [1.165, 1.54) is 19.5 Å². The van der Waals surface area contributed by atoms with Crippen LogP contribution in [0.15, 0.2) is 0 Å². The summed E-state index contributed by atoms with van der Waals surface area (Å²) in [4.78, 5) is 14.1. The Labute approximate surface area is 129 Å². The lowest BCUT2D eigenvalue weighted by atomic mass is 9.92. The smallest absolute Gasteiger partial charge is 0.314 e. The van der Waals surface area contributed by atoms with Gasteiger partial charge in [-0.1, -0.05) is 27.2 Å². The third-order valence-electron chi connectivity index (χ3n) is 4.00. The number of nitrogens with one attached hydrogen (secondary N) is 2. The summed E-state index contributed by atoms with van der Waals surface area (Å²) in [6.45, 7) is 11.1. The number of amides is 2. The van der Waals surface area contributed by atoms with E-state index in [4.69, 9.17) is 0 Å². The third-order valence-corrected chi connectivity index (χ3v) is 4.00. The number of piperidine rings is 1. The van der Waals surface area contributed by atoms with Crippen LogP contribution in [0.25, 0.3) is 0 Å². The van der Waals surface area contributed by atoms with Crippen LogP contribution in [0.3, 0.4) is 0 Å². The molecule has 1 heterocycles. The van der Waals surface area contributed by atoms with Crippen LogP contribution in [-0.2, 0) is 0 Å². The fourth-order valence-electron chi connectivity index (χ4n) is 3.19. The molecule has 1 saturated heterocycles. The van der Waals surface area contributed by atoms with Crippen LogP contribution in [0.4, 0.5) is 4.79 Å². The van der Waals surface area contributed by atoms with Crippen molar-refractivity contribution in [1.29, 1.82) is 0 Å². The zero-order valence-electron chi connectivity index (χ0n) is 13.9. The molecule has 0 bridgehead atoms. The van der Waals surface area contributed by atoms with Crippen molar-refractivity contribution in [2.75, 3.05) is 32.7 Å². The van der Waals surface area contributed by atoms with E-state index in [1.54, 1.807) is 0 Å². The summed E-state index contributed by atoms with van der Waals surface area (Å²) >= 11 is 0. The lowest BCUT2D eigenvalue weighted by Crippen LogP contribution is -2.42. The van der Waals surface area contributed by atoms with Crippen molar-refractivity contribution < 1.29 is 9.90 Å². The molecule has 0 aromatic heterocycles. The van der Waals surface area contributed by atoms with Crippen molar-refractivity contribution in [3.05, 3.63) is 0 Å². The Balaban J connectivity index is 2.04. The number of likely N-dealkylation sites (tertiary alicyclic amines) is 1. The molecule has 2 amide bonds. The number of carbonyl (C=O) groups excluding carboxylic acids is 1. The van der Waals surface area contributed by atoms with Gasteiger partial charge in [0.15, 0.2) is 0 Å². The molecular formula is C16H33N3O2. The molecule has 1 rings (SSSR count). The first-order chi connectivity index (χ1) is 10.0. The summed E-state index contributed by atoms with van der Waals surface area (Å²) < 4.78 is 0. The van der Waals surface area contributed by atoms with E-state index < -0.39 is 6.10 Å². The molecule has 3 atom stereocenters.